The predicted octanol–water partition coefficient (Wildman–Crippen LogP) is 2.50. The Morgan fingerprint density at radius 2 is 2.04 bits per heavy atom. The van der Waals surface area contributed by atoms with E-state index in [9.17, 15) is 4.79 Å². The first-order valence-electron chi connectivity index (χ1n) is 8.73. The lowest BCUT2D eigenvalue weighted by Gasteiger charge is -2.30. The molecule has 0 aliphatic carbocycles. The van der Waals surface area contributed by atoms with Gasteiger partial charge in [-0.2, -0.15) is 4.98 Å². The van der Waals surface area contributed by atoms with Crippen molar-refractivity contribution in [2.45, 2.75) is 65.3 Å². The zero-order valence-electron chi connectivity index (χ0n) is 14.9. The van der Waals surface area contributed by atoms with Gasteiger partial charge in [0.2, 0.25) is 11.8 Å². The Balaban J connectivity index is 1.76. The molecule has 1 aliphatic heterocycles. The van der Waals surface area contributed by atoms with Crippen molar-refractivity contribution in [2.75, 3.05) is 19.6 Å². The quantitative estimate of drug-likeness (QED) is 0.815. The highest BCUT2D eigenvalue weighted by atomic mass is 16.5. The maximum absolute atomic E-state index is 12.1. The maximum atomic E-state index is 12.1. The van der Waals surface area contributed by atoms with Gasteiger partial charge in [0.15, 0.2) is 5.82 Å². The van der Waals surface area contributed by atoms with Gasteiger partial charge in [-0.15, -0.1) is 0 Å². The van der Waals surface area contributed by atoms with E-state index in [1.165, 1.54) is 0 Å². The topological polar surface area (TPSA) is 71.3 Å². The van der Waals surface area contributed by atoms with Crippen LogP contribution in [0.15, 0.2) is 4.52 Å². The average molecular weight is 322 g/mol. The van der Waals surface area contributed by atoms with Crippen LogP contribution in [0.5, 0.6) is 0 Å². The number of aromatic nitrogens is 2. The molecule has 130 valence electrons. The number of carbonyl (C=O) groups excluding carboxylic acids is 1. The van der Waals surface area contributed by atoms with Crippen LogP contribution in [0.1, 0.15) is 65.1 Å². The largest absolute Gasteiger partial charge is 0.356 e. The van der Waals surface area contributed by atoms with E-state index in [1.807, 2.05) is 0 Å². The fraction of sp³-hybridized carbons (Fsp3) is 0.824. The second kappa shape index (κ2) is 7.90. The molecule has 2 heterocycles. The van der Waals surface area contributed by atoms with E-state index in [2.05, 4.69) is 48.1 Å². The van der Waals surface area contributed by atoms with Gasteiger partial charge >= 0.3 is 0 Å². The molecular weight excluding hydrogens is 292 g/mol. The molecule has 0 bridgehead atoms. The van der Waals surface area contributed by atoms with Crippen LogP contribution in [-0.2, 0) is 16.8 Å². The van der Waals surface area contributed by atoms with Gasteiger partial charge in [0.25, 0.3) is 0 Å². The van der Waals surface area contributed by atoms with Gasteiger partial charge in [-0.1, -0.05) is 39.3 Å². The Morgan fingerprint density at radius 3 is 2.61 bits per heavy atom. The molecule has 0 radical (unpaired) electrons. The first kappa shape index (κ1) is 17.9. The van der Waals surface area contributed by atoms with Crippen LogP contribution < -0.4 is 5.32 Å². The third kappa shape index (κ3) is 5.30. The standard InChI is InChI=1S/C17H30N4O2/c1-5-6-9-18-15(22)13-7-10-21(11-8-13)12-14-19-16(23-20-14)17(2,3)4/h13H,5-12H2,1-4H3,(H,18,22). The van der Waals surface area contributed by atoms with E-state index in [0.29, 0.717) is 12.4 Å². The van der Waals surface area contributed by atoms with E-state index in [0.717, 1.165) is 51.1 Å². The first-order chi connectivity index (χ1) is 10.9. The summed E-state index contributed by atoms with van der Waals surface area (Å²) < 4.78 is 5.33. The molecule has 1 N–H and O–H groups in total. The molecular formula is C17H30N4O2. The van der Waals surface area contributed by atoms with Crippen LogP contribution in [0.25, 0.3) is 0 Å². The zero-order chi connectivity index (χ0) is 16.9. The summed E-state index contributed by atoms with van der Waals surface area (Å²) in [6.45, 7) is 11.6. The monoisotopic (exact) mass is 322 g/mol. The Kier molecular flexibility index (Phi) is 6.16. The molecule has 0 aromatic carbocycles. The highest BCUT2D eigenvalue weighted by Crippen LogP contribution is 2.22. The molecule has 0 saturated carbocycles. The normalized spacial score (nSPS) is 17.4. The summed E-state index contributed by atoms with van der Waals surface area (Å²) in [5, 5.41) is 7.11. The average Bonchev–Trinajstić information content (AvgIpc) is 2.97. The number of rotatable bonds is 6. The van der Waals surface area contributed by atoms with E-state index < -0.39 is 0 Å². The smallest absolute Gasteiger partial charge is 0.232 e. The van der Waals surface area contributed by atoms with Crippen LogP contribution in [0, 0.1) is 5.92 Å². The summed E-state index contributed by atoms with van der Waals surface area (Å²) >= 11 is 0. The minimum Gasteiger partial charge on any atom is -0.356 e. The summed E-state index contributed by atoms with van der Waals surface area (Å²) in [4.78, 5) is 18.9. The molecule has 1 amide bonds. The number of piperidine rings is 1. The molecule has 1 aromatic rings. The third-order valence-corrected chi connectivity index (χ3v) is 4.26. The summed E-state index contributed by atoms with van der Waals surface area (Å²) in [7, 11) is 0. The van der Waals surface area contributed by atoms with Crippen molar-refractivity contribution >= 4 is 5.91 Å². The molecule has 6 heteroatoms. The van der Waals surface area contributed by atoms with E-state index >= 15 is 0 Å². The lowest BCUT2D eigenvalue weighted by atomic mass is 9.96. The number of nitrogens with zero attached hydrogens (tertiary/aromatic N) is 3. The second-order valence-electron chi connectivity index (χ2n) is 7.46. The summed E-state index contributed by atoms with van der Waals surface area (Å²) in [5.41, 5.74) is -0.116. The highest BCUT2D eigenvalue weighted by molar-refractivity contribution is 5.78. The number of unbranched alkanes of at least 4 members (excludes halogenated alkanes) is 1. The SMILES string of the molecule is CCCCNC(=O)C1CCN(Cc2noc(C(C)(C)C)n2)CC1. The fourth-order valence-electron chi connectivity index (χ4n) is 2.71. The molecule has 0 atom stereocenters. The fourth-order valence-corrected chi connectivity index (χ4v) is 2.71. The number of nitrogens with one attached hydrogen (secondary N) is 1. The molecule has 1 aliphatic rings. The van der Waals surface area contributed by atoms with Gasteiger partial charge in [0.1, 0.15) is 0 Å². The van der Waals surface area contributed by atoms with Crippen molar-refractivity contribution in [3.05, 3.63) is 11.7 Å². The minimum atomic E-state index is -0.116. The number of hydrogen-bond donors (Lipinski definition) is 1. The predicted molar refractivity (Wildman–Crippen MR) is 88.9 cm³/mol. The molecule has 1 saturated heterocycles. The zero-order valence-corrected chi connectivity index (χ0v) is 14.9. The molecule has 23 heavy (non-hydrogen) atoms. The molecule has 1 aromatic heterocycles. The Bertz CT molecular complexity index is 499. The van der Waals surface area contributed by atoms with Crippen LogP contribution in [0.3, 0.4) is 0 Å². The Labute approximate surface area is 139 Å². The van der Waals surface area contributed by atoms with E-state index in [-0.39, 0.29) is 17.2 Å². The Hall–Kier alpha value is -1.43. The maximum Gasteiger partial charge on any atom is 0.232 e. The molecule has 6 nitrogen and oxygen atoms in total. The third-order valence-electron chi connectivity index (χ3n) is 4.26. The van der Waals surface area contributed by atoms with Gasteiger partial charge in [-0.3, -0.25) is 9.69 Å². The second-order valence-corrected chi connectivity index (χ2v) is 7.46. The van der Waals surface area contributed by atoms with Gasteiger partial charge in [-0.25, -0.2) is 0 Å². The number of carbonyl (C=O) groups is 1. The van der Waals surface area contributed by atoms with Gasteiger partial charge in [0.05, 0.1) is 6.54 Å². The van der Waals surface area contributed by atoms with Crippen molar-refractivity contribution < 1.29 is 9.32 Å². The van der Waals surface area contributed by atoms with Crippen LogP contribution in [0.2, 0.25) is 0 Å². The van der Waals surface area contributed by atoms with E-state index in [1.54, 1.807) is 0 Å². The van der Waals surface area contributed by atoms with Gasteiger partial charge in [0, 0.05) is 17.9 Å². The van der Waals surface area contributed by atoms with Crippen molar-refractivity contribution in [3.8, 4) is 0 Å². The van der Waals surface area contributed by atoms with Gasteiger partial charge in [-0.05, 0) is 32.4 Å². The number of amides is 1. The van der Waals surface area contributed by atoms with Crippen LogP contribution in [-0.4, -0.2) is 40.6 Å². The number of likely N-dealkylation sites (tertiary alicyclic amines) is 1. The van der Waals surface area contributed by atoms with Crippen LogP contribution in [0.4, 0.5) is 0 Å². The van der Waals surface area contributed by atoms with Crippen molar-refractivity contribution in [1.82, 2.24) is 20.4 Å². The lowest BCUT2D eigenvalue weighted by molar-refractivity contribution is -0.126. The van der Waals surface area contributed by atoms with E-state index in [4.69, 9.17) is 4.52 Å². The van der Waals surface area contributed by atoms with Gasteiger partial charge < -0.3 is 9.84 Å². The minimum absolute atomic E-state index is 0.116. The highest BCUT2D eigenvalue weighted by Gasteiger charge is 2.26. The van der Waals surface area contributed by atoms with Crippen molar-refractivity contribution in [3.63, 3.8) is 0 Å². The van der Waals surface area contributed by atoms with Crippen molar-refractivity contribution in [2.24, 2.45) is 5.92 Å². The summed E-state index contributed by atoms with van der Waals surface area (Å²) in [6, 6.07) is 0. The summed E-state index contributed by atoms with van der Waals surface area (Å²) in [6.07, 6.45) is 3.97. The Morgan fingerprint density at radius 1 is 1.35 bits per heavy atom. The lowest BCUT2D eigenvalue weighted by Crippen LogP contribution is -2.40. The van der Waals surface area contributed by atoms with Crippen LogP contribution >= 0.6 is 0 Å². The van der Waals surface area contributed by atoms with Crippen molar-refractivity contribution in [1.29, 1.82) is 0 Å². The summed E-state index contributed by atoms with van der Waals surface area (Å²) in [5.74, 6) is 1.78. The molecule has 0 spiro atoms. The molecule has 1 fully saturated rings. The molecule has 2 rings (SSSR count). The molecule has 0 unspecified atom stereocenters. The first-order valence-corrected chi connectivity index (χ1v) is 8.73. The number of hydrogen-bond acceptors (Lipinski definition) is 5.